The van der Waals surface area contributed by atoms with Crippen LogP contribution in [-0.4, -0.2) is 44.5 Å². The van der Waals surface area contributed by atoms with Gasteiger partial charge in [-0.15, -0.1) is 0 Å². The Morgan fingerprint density at radius 3 is 2.45 bits per heavy atom. The van der Waals surface area contributed by atoms with Crippen molar-refractivity contribution in [1.29, 1.82) is 0 Å². The van der Waals surface area contributed by atoms with Crippen LogP contribution in [0.15, 0.2) is 0 Å². The molecular weight excluding hydrogens is 276 g/mol. The summed E-state index contributed by atoms with van der Waals surface area (Å²) in [4.78, 5) is 11.9. The van der Waals surface area contributed by atoms with Crippen molar-refractivity contribution in [2.75, 3.05) is 25.9 Å². The van der Waals surface area contributed by atoms with Gasteiger partial charge in [-0.3, -0.25) is 4.79 Å². The van der Waals surface area contributed by atoms with E-state index in [0.29, 0.717) is 32.0 Å². The lowest BCUT2D eigenvalue weighted by Gasteiger charge is -2.31. The Labute approximate surface area is 122 Å². The number of sulfonamides is 1. The molecule has 2 aliphatic rings. The van der Waals surface area contributed by atoms with Crippen LogP contribution in [0.25, 0.3) is 0 Å². The molecule has 0 aromatic heterocycles. The molecule has 2 rings (SSSR count). The molecule has 6 heteroatoms. The first-order chi connectivity index (χ1) is 9.45. The second-order valence-corrected chi connectivity index (χ2v) is 8.27. The minimum Gasteiger partial charge on any atom is -0.356 e. The lowest BCUT2D eigenvalue weighted by Crippen LogP contribution is -2.43. The molecule has 1 saturated heterocycles. The largest absolute Gasteiger partial charge is 0.356 e. The summed E-state index contributed by atoms with van der Waals surface area (Å²) in [5, 5.41) is 2.99. The van der Waals surface area contributed by atoms with Gasteiger partial charge in [-0.25, -0.2) is 12.7 Å². The van der Waals surface area contributed by atoms with Gasteiger partial charge in [0.05, 0.1) is 6.26 Å². The monoisotopic (exact) mass is 302 g/mol. The molecular formula is C14H26N2O3S. The van der Waals surface area contributed by atoms with Crippen LogP contribution < -0.4 is 5.32 Å². The van der Waals surface area contributed by atoms with E-state index in [1.165, 1.54) is 36.2 Å². The van der Waals surface area contributed by atoms with E-state index in [1.54, 1.807) is 0 Å². The SMILES string of the molecule is CS(=O)(=O)N1CCC[C@H](CNC(=O)CC2CCCC2)C1. The van der Waals surface area contributed by atoms with Crippen molar-refractivity contribution in [3.8, 4) is 0 Å². The minimum atomic E-state index is -3.10. The van der Waals surface area contributed by atoms with Crippen LogP contribution in [-0.2, 0) is 14.8 Å². The number of rotatable bonds is 5. The summed E-state index contributed by atoms with van der Waals surface area (Å²) in [7, 11) is -3.10. The molecule has 116 valence electrons. The Kier molecular flexibility index (Phi) is 5.43. The van der Waals surface area contributed by atoms with Crippen LogP contribution in [0.1, 0.15) is 44.9 Å². The van der Waals surface area contributed by atoms with Crippen LogP contribution in [0.4, 0.5) is 0 Å². The predicted molar refractivity (Wildman–Crippen MR) is 78.7 cm³/mol. The molecule has 0 bridgehead atoms. The zero-order valence-electron chi connectivity index (χ0n) is 12.3. The van der Waals surface area contributed by atoms with E-state index in [1.807, 2.05) is 0 Å². The van der Waals surface area contributed by atoms with E-state index in [4.69, 9.17) is 0 Å². The van der Waals surface area contributed by atoms with Crippen molar-refractivity contribution in [3.05, 3.63) is 0 Å². The number of carbonyl (C=O) groups is 1. The van der Waals surface area contributed by atoms with Crippen molar-refractivity contribution in [2.24, 2.45) is 11.8 Å². The van der Waals surface area contributed by atoms with Crippen LogP contribution in [0.3, 0.4) is 0 Å². The maximum Gasteiger partial charge on any atom is 0.220 e. The molecule has 1 heterocycles. The number of piperidine rings is 1. The highest BCUT2D eigenvalue weighted by Crippen LogP contribution is 2.27. The Balaban J connectivity index is 1.71. The average molecular weight is 302 g/mol. The number of nitrogens with one attached hydrogen (secondary N) is 1. The summed E-state index contributed by atoms with van der Waals surface area (Å²) >= 11 is 0. The topological polar surface area (TPSA) is 66.5 Å². The van der Waals surface area contributed by atoms with Crippen LogP contribution in [0.2, 0.25) is 0 Å². The normalized spacial score (nSPS) is 25.8. The molecule has 0 aromatic rings. The first kappa shape index (κ1) is 15.8. The summed E-state index contributed by atoms with van der Waals surface area (Å²) < 4.78 is 24.6. The smallest absolute Gasteiger partial charge is 0.220 e. The maximum absolute atomic E-state index is 11.9. The van der Waals surface area contributed by atoms with Crippen molar-refractivity contribution >= 4 is 15.9 Å². The zero-order valence-corrected chi connectivity index (χ0v) is 13.1. The second-order valence-electron chi connectivity index (χ2n) is 6.29. The van der Waals surface area contributed by atoms with Gasteiger partial charge in [0, 0.05) is 26.1 Å². The second kappa shape index (κ2) is 6.89. The highest BCUT2D eigenvalue weighted by atomic mass is 32.2. The fourth-order valence-electron chi connectivity index (χ4n) is 3.30. The third kappa shape index (κ3) is 4.74. The Morgan fingerprint density at radius 1 is 1.15 bits per heavy atom. The number of amides is 1. The van der Waals surface area contributed by atoms with Gasteiger partial charge in [-0.05, 0) is 37.5 Å². The quantitative estimate of drug-likeness (QED) is 0.834. The number of hydrogen-bond donors (Lipinski definition) is 1. The van der Waals surface area contributed by atoms with Gasteiger partial charge in [-0.2, -0.15) is 0 Å². The molecule has 1 aliphatic carbocycles. The molecule has 2 fully saturated rings. The van der Waals surface area contributed by atoms with Crippen LogP contribution in [0, 0.1) is 11.8 Å². The summed E-state index contributed by atoms with van der Waals surface area (Å²) in [5.74, 6) is 0.952. The lowest BCUT2D eigenvalue weighted by atomic mass is 9.99. The Hall–Kier alpha value is -0.620. The summed E-state index contributed by atoms with van der Waals surface area (Å²) in [6.07, 6.45) is 8.65. The number of carbonyl (C=O) groups excluding carboxylic acids is 1. The number of nitrogens with zero attached hydrogens (tertiary/aromatic N) is 1. The predicted octanol–water partition coefficient (Wildman–Crippen LogP) is 1.35. The highest BCUT2D eigenvalue weighted by Gasteiger charge is 2.26. The molecule has 5 nitrogen and oxygen atoms in total. The van der Waals surface area contributed by atoms with Gasteiger partial charge in [0.2, 0.25) is 15.9 Å². The molecule has 0 aromatic carbocycles. The molecule has 1 N–H and O–H groups in total. The van der Waals surface area contributed by atoms with Crippen molar-refractivity contribution in [1.82, 2.24) is 9.62 Å². The summed E-state index contributed by atoms with van der Waals surface area (Å²) in [6, 6.07) is 0. The van der Waals surface area contributed by atoms with E-state index in [0.717, 1.165) is 12.8 Å². The van der Waals surface area contributed by atoms with E-state index < -0.39 is 10.0 Å². The molecule has 20 heavy (non-hydrogen) atoms. The average Bonchev–Trinajstić information content (AvgIpc) is 2.88. The summed E-state index contributed by atoms with van der Waals surface area (Å²) in [5.41, 5.74) is 0. The maximum atomic E-state index is 11.9. The molecule has 1 atom stereocenters. The molecule has 0 radical (unpaired) electrons. The fourth-order valence-corrected chi connectivity index (χ4v) is 4.24. The van der Waals surface area contributed by atoms with Crippen molar-refractivity contribution in [2.45, 2.75) is 44.9 Å². The Bertz CT molecular complexity index is 430. The number of hydrogen-bond acceptors (Lipinski definition) is 3. The van der Waals surface area contributed by atoms with E-state index >= 15 is 0 Å². The molecule has 1 aliphatic heterocycles. The van der Waals surface area contributed by atoms with Gasteiger partial charge in [0.25, 0.3) is 0 Å². The highest BCUT2D eigenvalue weighted by molar-refractivity contribution is 7.88. The van der Waals surface area contributed by atoms with Gasteiger partial charge in [-0.1, -0.05) is 12.8 Å². The molecule has 0 spiro atoms. The first-order valence-electron chi connectivity index (χ1n) is 7.67. The zero-order chi connectivity index (χ0) is 14.6. The van der Waals surface area contributed by atoms with Crippen LogP contribution in [0.5, 0.6) is 0 Å². The molecule has 1 saturated carbocycles. The third-order valence-corrected chi connectivity index (χ3v) is 5.76. The van der Waals surface area contributed by atoms with E-state index in [-0.39, 0.29) is 11.8 Å². The van der Waals surface area contributed by atoms with E-state index in [9.17, 15) is 13.2 Å². The van der Waals surface area contributed by atoms with E-state index in [2.05, 4.69) is 5.32 Å². The van der Waals surface area contributed by atoms with Crippen LogP contribution >= 0.6 is 0 Å². The van der Waals surface area contributed by atoms with Gasteiger partial charge in [0.1, 0.15) is 0 Å². The summed E-state index contributed by atoms with van der Waals surface area (Å²) in [6.45, 7) is 1.77. The lowest BCUT2D eigenvalue weighted by molar-refractivity contribution is -0.122. The first-order valence-corrected chi connectivity index (χ1v) is 9.52. The van der Waals surface area contributed by atoms with Crippen molar-refractivity contribution in [3.63, 3.8) is 0 Å². The Morgan fingerprint density at radius 2 is 1.80 bits per heavy atom. The fraction of sp³-hybridized carbons (Fsp3) is 0.929. The molecule has 1 amide bonds. The van der Waals surface area contributed by atoms with Gasteiger partial charge < -0.3 is 5.32 Å². The standard InChI is InChI=1S/C14H26N2O3S/c1-20(18,19)16-8-4-7-13(11-16)10-15-14(17)9-12-5-2-3-6-12/h12-13H,2-11H2,1H3,(H,15,17)/t13-/m1/s1. The third-order valence-electron chi connectivity index (χ3n) is 4.49. The van der Waals surface area contributed by atoms with Crippen molar-refractivity contribution < 1.29 is 13.2 Å². The molecule has 0 unspecified atom stereocenters. The minimum absolute atomic E-state index is 0.133. The van der Waals surface area contributed by atoms with Gasteiger partial charge >= 0.3 is 0 Å². The van der Waals surface area contributed by atoms with Gasteiger partial charge in [0.15, 0.2) is 0 Å².